The average Bonchev–Trinajstić information content (AvgIpc) is 3.46. The van der Waals surface area contributed by atoms with E-state index in [1.807, 2.05) is 36.4 Å². The van der Waals surface area contributed by atoms with Crippen LogP contribution in [0.5, 0.6) is 5.75 Å². The fourth-order valence-corrected chi connectivity index (χ4v) is 7.47. The Morgan fingerprint density at radius 1 is 0.914 bits per heavy atom. The molecule has 3 aromatic carbocycles. The molecular weight excluding hydrogens is 739 g/mol. The normalized spacial score (nSPS) is 16.8. The Kier molecular flexibility index (Phi) is 13.3. The Bertz CT molecular complexity index is 2160. The number of aromatic nitrogens is 2. The minimum Gasteiger partial charge on any atom is -0.490 e. The number of fused-ring (bicyclic) bond motifs is 5. The molecule has 2 atom stereocenters. The van der Waals surface area contributed by atoms with Crippen LogP contribution in [0.1, 0.15) is 77.7 Å². The maximum absolute atomic E-state index is 14.1. The molecule has 5 amide bonds. The molecule has 1 unspecified atom stereocenters. The number of anilines is 2. The first-order valence-corrected chi connectivity index (χ1v) is 19.7. The van der Waals surface area contributed by atoms with Crippen molar-refractivity contribution in [3.63, 3.8) is 0 Å². The molecule has 58 heavy (non-hydrogen) atoms. The number of nitrogens with zero attached hydrogens (tertiary/aromatic N) is 2. The van der Waals surface area contributed by atoms with Gasteiger partial charge in [-0.1, -0.05) is 43.2 Å². The maximum atomic E-state index is 14.1. The van der Waals surface area contributed by atoms with E-state index >= 15 is 0 Å². The van der Waals surface area contributed by atoms with Crippen molar-refractivity contribution in [2.24, 2.45) is 11.5 Å². The molecule has 10 N–H and O–H groups in total. The second-order valence-corrected chi connectivity index (χ2v) is 15.0. The van der Waals surface area contributed by atoms with Gasteiger partial charge >= 0.3 is 0 Å². The number of hydrogen-bond acceptors (Lipinski definition) is 10. The third kappa shape index (κ3) is 10.3. The molecule has 304 valence electrons. The van der Waals surface area contributed by atoms with Gasteiger partial charge in [-0.05, 0) is 105 Å². The summed E-state index contributed by atoms with van der Waals surface area (Å²) in [6.45, 7) is 3.22. The summed E-state index contributed by atoms with van der Waals surface area (Å²) < 4.78 is 6.23. The second-order valence-electron chi connectivity index (χ2n) is 15.0. The van der Waals surface area contributed by atoms with Crippen molar-refractivity contribution < 1.29 is 28.7 Å². The molecule has 1 aliphatic carbocycles. The van der Waals surface area contributed by atoms with Crippen LogP contribution in [-0.4, -0.2) is 70.8 Å². The molecule has 6 rings (SSSR count). The first-order valence-electron chi connectivity index (χ1n) is 19.7. The lowest BCUT2D eigenvalue weighted by molar-refractivity contribution is -0.128. The molecule has 1 fully saturated rings. The molecule has 1 saturated carbocycles. The van der Waals surface area contributed by atoms with Gasteiger partial charge in [0.1, 0.15) is 29.2 Å². The number of aryl methyl sites for hydroxylation is 2. The standard InChI is InChI=1S/C43H51N9O6/c1-24-18-27-20-32(29-9-7-8-26(19-29)22-35(53)47-23-36(54)49-34(21-27)40(46)55)38(24)51-42(56)33(16-17-44)50-43(57)37-25(2)48-41(52-39(37)45)28-12-14-31(15-13-28)58-30-10-5-3-4-6-11-30/h7-9,12-15,18-20,30,33-34H,3-6,10-11,16-17,21-23,44H2,1-2H3,(H2,46,55)(H,47,53)(H,49,54)(H,50,57)(H,51,56)(H2,45,48,52)/t33-,34?/m0/s1. The summed E-state index contributed by atoms with van der Waals surface area (Å²) in [4.78, 5) is 74.5. The molecule has 0 saturated heterocycles. The van der Waals surface area contributed by atoms with Crippen molar-refractivity contribution in [3.05, 3.63) is 88.6 Å². The van der Waals surface area contributed by atoms with Crippen LogP contribution in [0.15, 0.2) is 60.7 Å². The summed E-state index contributed by atoms with van der Waals surface area (Å²) in [5, 5.41) is 10.9. The monoisotopic (exact) mass is 789 g/mol. The third-order valence-corrected chi connectivity index (χ3v) is 10.5. The Morgan fingerprint density at radius 2 is 1.66 bits per heavy atom. The Labute approximate surface area is 337 Å². The van der Waals surface area contributed by atoms with Gasteiger partial charge in [0.25, 0.3) is 5.91 Å². The van der Waals surface area contributed by atoms with E-state index in [-0.39, 0.29) is 55.7 Å². The highest BCUT2D eigenvalue weighted by atomic mass is 16.5. The number of nitrogen functional groups attached to an aromatic ring is 1. The second kappa shape index (κ2) is 18.7. The summed E-state index contributed by atoms with van der Waals surface area (Å²) in [6.07, 6.45) is 7.27. The number of carbonyl (C=O) groups excluding carboxylic acids is 5. The number of rotatable bonds is 10. The number of benzene rings is 3. The third-order valence-electron chi connectivity index (χ3n) is 10.5. The largest absolute Gasteiger partial charge is 0.490 e. The summed E-state index contributed by atoms with van der Waals surface area (Å²) >= 11 is 0. The molecule has 4 bridgehead atoms. The topological polar surface area (TPSA) is 247 Å². The zero-order chi connectivity index (χ0) is 41.3. The first kappa shape index (κ1) is 41.3. The van der Waals surface area contributed by atoms with Gasteiger partial charge in [0.2, 0.25) is 23.6 Å². The Hall–Kier alpha value is -6.35. The number of primary amides is 1. The van der Waals surface area contributed by atoms with Gasteiger partial charge in [0.15, 0.2) is 5.82 Å². The van der Waals surface area contributed by atoms with E-state index in [1.165, 1.54) is 25.7 Å². The minimum atomic E-state index is -1.08. The van der Waals surface area contributed by atoms with Gasteiger partial charge in [-0.25, -0.2) is 9.97 Å². The van der Waals surface area contributed by atoms with E-state index in [2.05, 4.69) is 31.2 Å². The van der Waals surface area contributed by atoms with E-state index in [0.29, 0.717) is 50.6 Å². The van der Waals surface area contributed by atoms with Crippen molar-refractivity contribution in [2.75, 3.05) is 24.1 Å². The van der Waals surface area contributed by atoms with Gasteiger partial charge in [-0.2, -0.15) is 0 Å². The summed E-state index contributed by atoms with van der Waals surface area (Å²) in [6, 6.07) is 16.2. The number of nitrogens with one attached hydrogen (secondary N) is 4. The van der Waals surface area contributed by atoms with Crippen LogP contribution in [0, 0.1) is 13.8 Å². The molecule has 2 aliphatic rings. The van der Waals surface area contributed by atoms with Gasteiger partial charge in [-0.15, -0.1) is 0 Å². The zero-order valence-corrected chi connectivity index (χ0v) is 32.9. The van der Waals surface area contributed by atoms with E-state index in [4.69, 9.17) is 21.9 Å². The molecule has 1 aliphatic heterocycles. The number of hydrogen-bond donors (Lipinski definition) is 7. The first-order chi connectivity index (χ1) is 27.9. The predicted molar refractivity (Wildman–Crippen MR) is 220 cm³/mol. The van der Waals surface area contributed by atoms with Crippen LogP contribution in [0.4, 0.5) is 11.5 Å². The van der Waals surface area contributed by atoms with Crippen LogP contribution in [0.3, 0.4) is 0 Å². The fraction of sp³-hybridized carbons (Fsp3) is 0.372. The summed E-state index contributed by atoms with van der Waals surface area (Å²) in [7, 11) is 0. The van der Waals surface area contributed by atoms with Crippen molar-refractivity contribution >= 4 is 41.0 Å². The number of carbonyl (C=O) groups is 5. The Balaban J connectivity index is 1.23. The Morgan fingerprint density at radius 3 is 2.34 bits per heavy atom. The molecule has 0 spiro atoms. The van der Waals surface area contributed by atoms with Crippen molar-refractivity contribution in [1.29, 1.82) is 0 Å². The van der Waals surface area contributed by atoms with Crippen LogP contribution < -0.4 is 43.2 Å². The molecule has 0 radical (unpaired) electrons. The lowest BCUT2D eigenvalue weighted by atomic mass is 9.93. The van der Waals surface area contributed by atoms with Crippen molar-refractivity contribution in [1.82, 2.24) is 25.9 Å². The summed E-state index contributed by atoms with van der Waals surface area (Å²) in [5.41, 5.74) is 22.7. The maximum Gasteiger partial charge on any atom is 0.257 e. The van der Waals surface area contributed by atoms with E-state index in [9.17, 15) is 24.0 Å². The van der Waals surface area contributed by atoms with Crippen LogP contribution >= 0.6 is 0 Å². The van der Waals surface area contributed by atoms with Crippen LogP contribution in [0.25, 0.3) is 22.5 Å². The molecule has 15 heteroatoms. The van der Waals surface area contributed by atoms with Crippen LogP contribution in [-0.2, 0) is 32.0 Å². The van der Waals surface area contributed by atoms with Gasteiger partial charge in [0, 0.05) is 17.5 Å². The van der Waals surface area contributed by atoms with Crippen LogP contribution in [0.2, 0.25) is 0 Å². The lowest BCUT2D eigenvalue weighted by Crippen LogP contribution is -2.49. The highest BCUT2D eigenvalue weighted by Crippen LogP contribution is 2.34. The summed E-state index contributed by atoms with van der Waals surface area (Å²) in [5.74, 6) is -1.79. The average molecular weight is 790 g/mol. The predicted octanol–water partition coefficient (Wildman–Crippen LogP) is 3.38. The lowest BCUT2D eigenvalue weighted by Gasteiger charge is -2.23. The molecule has 4 aromatic rings. The highest BCUT2D eigenvalue weighted by Gasteiger charge is 2.27. The molecule has 15 nitrogen and oxygen atoms in total. The van der Waals surface area contributed by atoms with E-state index < -0.39 is 35.7 Å². The van der Waals surface area contributed by atoms with Gasteiger partial charge in [-0.3, -0.25) is 24.0 Å². The van der Waals surface area contributed by atoms with Crippen molar-refractivity contribution in [3.8, 4) is 28.3 Å². The van der Waals surface area contributed by atoms with E-state index in [0.717, 1.165) is 18.6 Å². The smallest absolute Gasteiger partial charge is 0.257 e. The quantitative estimate of drug-likeness (QED) is 0.115. The number of amides is 5. The van der Waals surface area contributed by atoms with Crippen molar-refractivity contribution in [2.45, 2.75) is 89.8 Å². The zero-order valence-electron chi connectivity index (χ0n) is 32.9. The number of nitrogens with two attached hydrogens (primary N) is 3. The SMILES string of the molecule is Cc1cc2cc(c1NC(=O)[C@H](CCN)NC(=O)c1c(C)nc(-c3ccc(OC4CCCCCC4)cc3)nc1N)-c1cccc(c1)CC(=O)NCC(=O)NC(C(N)=O)C2. The number of ether oxygens (including phenoxy) is 1. The fourth-order valence-electron chi connectivity index (χ4n) is 7.47. The molecular formula is C43H51N9O6. The minimum absolute atomic E-state index is 0.0137. The molecule has 2 heterocycles. The van der Waals surface area contributed by atoms with Gasteiger partial charge < -0.3 is 43.2 Å². The van der Waals surface area contributed by atoms with Gasteiger partial charge in [0.05, 0.1) is 30.5 Å². The highest BCUT2D eigenvalue weighted by molar-refractivity contribution is 6.05. The molecule has 1 aromatic heterocycles. The van der Waals surface area contributed by atoms with E-state index in [1.54, 1.807) is 38.1 Å².